The minimum absolute atomic E-state index is 0.0108. The normalized spacial score (nSPS) is 13.9. The number of amides is 2. The van der Waals surface area contributed by atoms with Crippen molar-refractivity contribution in [3.8, 4) is 0 Å². The number of rotatable bonds is 10. The lowest BCUT2D eigenvalue weighted by molar-refractivity contribution is -0.385. The summed E-state index contributed by atoms with van der Waals surface area (Å²) in [6.07, 6.45) is 1.71. The maximum Gasteiger partial charge on any atom is 0.344 e. The van der Waals surface area contributed by atoms with Gasteiger partial charge in [0.1, 0.15) is 5.56 Å². The molecule has 0 spiro atoms. The van der Waals surface area contributed by atoms with Crippen LogP contribution in [0.1, 0.15) is 53.3 Å². The van der Waals surface area contributed by atoms with E-state index in [4.69, 9.17) is 0 Å². The zero-order valence-electron chi connectivity index (χ0n) is 17.4. The second-order valence-corrected chi connectivity index (χ2v) is 9.02. The highest BCUT2D eigenvalue weighted by Crippen LogP contribution is 2.23. The average molecular weight is 455 g/mol. The molecule has 1 saturated heterocycles. The fourth-order valence-corrected chi connectivity index (χ4v) is 4.82. The summed E-state index contributed by atoms with van der Waals surface area (Å²) in [6.45, 7) is 2.39. The number of sulfonamides is 1. The number of carbonyl (C=O) groups excluding carboxylic acids is 3. The van der Waals surface area contributed by atoms with E-state index in [9.17, 15) is 32.9 Å². The van der Waals surface area contributed by atoms with E-state index in [0.717, 1.165) is 31.7 Å². The van der Waals surface area contributed by atoms with Gasteiger partial charge in [-0.3, -0.25) is 19.7 Å². The van der Waals surface area contributed by atoms with E-state index in [-0.39, 0.29) is 42.2 Å². The van der Waals surface area contributed by atoms with E-state index in [1.54, 1.807) is 11.8 Å². The van der Waals surface area contributed by atoms with Crippen LogP contribution in [0, 0.1) is 10.1 Å². The van der Waals surface area contributed by atoms with Crippen LogP contribution in [-0.4, -0.2) is 72.8 Å². The Hall–Kier alpha value is -3.02. The molecule has 0 aliphatic carbocycles. The molecule has 2 rings (SSSR count). The number of hydrogen-bond acceptors (Lipinski definition) is 8. The second kappa shape index (κ2) is 10.3. The molecule has 1 fully saturated rings. The molecule has 1 aromatic rings. The number of hydrogen-bond donors (Lipinski definition) is 0. The van der Waals surface area contributed by atoms with Crippen molar-refractivity contribution >= 4 is 33.5 Å². The Morgan fingerprint density at radius 3 is 2.58 bits per heavy atom. The van der Waals surface area contributed by atoms with Gasteiger partial charge in [-0.1, -0.05) is 6.92 Å². The monoisotopic (exact) mass is 455 g/mol. The van der Waals surface area contributed by atoms with Gasteiger partial charge < -0.3 is 9.64 Å². The Morgan fingerprint density at radius 1 is 1.32 bits per heavy atom. The molecule has 1 aromatic carbocycles. The van der Waals surface area contributed by atoms with E-state index in [2.05, 4.69) is 4.74 Å². The third-order valence-electron chi connectivity index (χ3n) is 4.83. The van der Waals surface area contributed by atoms with E-state index in [0.29, 0.717) is 23.8 Å². The summed E-state index contributed by atoms with van der Waals surface area (Å²) in [5.41, 5.74) is -1.25. The molecular formula is C19H25N3O8S. The van der Waals surface area contributed by atoms with Gasteiger partial charge >= 0.3 is 5.97 Å². The number of nitrogens with zero attached hydrogens (tertiary/aromatic N) is 3. The van der Waals surface area contributed by atoms with Crippen LogP contribution in [0.15, 0.2) is 18.2 Å². The fraction of sp³-hybridized carbons (Fsp3) is 0.526. The molecule has 1 heterocycles. The number of likely N-dealkylation sites (tertiary alicyclic amines) is 1. The second-order valence-electron chi connectivity index (χ2n) is 7.01. The van der Waals surface area contributed by atoms with Crippen LogP contribution in [0.4, 0.5) is 5.69 Å². The first-order valence-corrected chi connectivity index (χ1v) is 11.4. The van der Waals surface area contributed by atoms with Crippen LogP contribution in [0.5, 0.6) is 0 Å². The molecule has 31 heavy (non-hydrogen) atoms. The van der Waals surface area contributed by atoms with Gasteiger partial charge in [-0.15, -0.1) is 0 Å². The van der Waals surface area contributed by atoms with E-state index in [1.165, 1.54) is 0 Å². The van der Waals surface area contributed by atoms with Gasteiger partial charge in [-0.05, 0) is 31.4 Å². The third kappa shape index (κ3) is 5.78. The molecule has 0 N–H and O–H groups in total. The summed E-state index contributed by atoms with van der Waals surface area (Å²) in [5.74, 6) is -2.16. The molecule has 0 saturated carbocycles. The molecule has 12 heteroatoms. The largest absolute Gasteiger partial charge is 0.465 e. The van der Waals surface area contributed by atoms with Gasteiger partial charge in [0.25, 0.3) is 11.6 Å². The summed E-state index contributed by atoms with van der Waals surface area (Å²) in [7, 11) is -2.91. The van der Waals surface area contributed by atoms with Crippen molar-refractivity contribution < 1.29 is 32.5 Å². The lowest BCUT2D eigenvalue weighted by atomic mass is 10.1. The highest BCUT2D eigenvalue weighted by Gasteiger charge is 2.31. The molecule has 2 amide bonds. The number of esters is 1. The first-order valence-electron chi connectivity index (χ1n) is 9.81. The Labute approximate surface area is 180 Å². The minimum Gasteiger partial charge on any atom is -0.465 e. The molecule has 1 aliphatic rings. The Bertz CT molecular complexity index is 976. The van der Waals surface area contributed by atoms with E-state index in [1.807, 2.05) is 0 Å². The smallest absolute Gasteiger partial charge is 0.344 e. The van der Waals surface area contributed by atoms with Gasteiger partial charge in [-0.25, -0.2) is 17.5 Å². The van der Waals surface area contributed by atoms with Crippen molar-refractivity contribution in [2.75, 3.05) is 32.5 Å². The number of nitro groups is 1. The predicted molar refractivity (Wildman–Crippen MR) is 110 cm³/mol. The van der Waals surface area contributed by atoms with E-state index < -0.39 is 32.5 Å². The lowest BCUT2D eigenvalue weighted by Crippen LogP contribution is -2.40. The van der Waals surface area contributed by atoms with Gasteiger partial charge in [0.15, 0.2) is 0 Å². The molecule has 0 aromatic heterocycles. The number of methoxy groups -OCH3 is 1. The lowest BCUT2D eigenvalue weighted by Gasteiger charge is -2.24. The number of ether oxygens (including phenoxy) is 1. The van der Waals surface area contributed by atoms with Crippen molar-refractivity contribution in [2.24, 2.45) is 0 Å². The Morgan fingerprint density at radius 2 is 2.03 bits per heavy atom. The molecule has 0 unspecified atom stereocenters. The van der Waals surface area contributed by atoms with Crippen molar-refractivity contribution in [1.29, 1.82) is 0 Å². The summed E-state index contributed by atoms with van der Waals surface area (Å²) in [6, 6.07) is 3.08. The molecule has 1 aliphatic heterocycles. The fourth-order valence-electron chi connectivity index (χ4n) is 3.32. The van der Waals surface area contributed by atoms with Crippen molar-refractivity contribution in [3.05, 3.63) is 39.4 Å². The summed E-state index contributed by atoms with van der Waals surface area (Å²) in [4.78, 5) is 48.6. The number of carbonyl (C=O) groups is 3. The zero-order chi connectivity index (χ0) is 23.2. The summed E-state index contributed by atoms with van der Waals surface area (Å²) < 4.78 is 30.6. The van der Waals surface area contributed by atoms with Crippen molar-refractivity contribution in [3.63, 3.8) is 0 Å². The van der Waals surface area contributed by atoms with E-state index >= 15 is 0 Å². The first-order chi connectivity index (χ1) is 14.6. The maximum absolute atomic E-state index is 13.0. The van der Waals surface area contributed by atoms with Crippen LogP contribution in [0.25, 0.3) is 0 Å². The highest BCUT2D eigenvalue weighted by atomic mass is 32.2. The topological polar surface area (TPSA) is 144 Å². The first kappa shape index (κ1) is 24.3. The van der Waals surface area contributed by atoms with Crippen LogP contribution >= 0.6 is 0 Å². The molecular weight excluding hydrogens is 430 g/mol. The maximum atomic E-state index is 13.0. The summed E-state index contributed by atoms with van der Waals surface area (Å²) >= 11 is 0. The quantitative estimate of drug-likeness (QED) is 0.294. The predicted octanol–water partition coefficient (Wildman–Crippen LogP) is 1.58. The number of nitro benzene ring substituents is 1. The Kier molecular flexibility index (Phi) is 8.08. The van der Waals surface area contributed by atoms with Crippen LogP contribution < -0.4 is 0 Å². The average Bonchev–Trinajstić information content (AvgIpc) is 3.14. The van der Waals surface area contributed by atoms with Crippen LogP contribution in [-0.2, 0) is 19.6 Å². The van der Waals surface area contributed by atoms with Crippen LogP contribution in [0.2, 0.25) is 0 Å². The van der Waals surface area contributed by atoms with Gasteiger partial charge in [0.05, 0.1) is 17.8 Å². The standard InChI is InChI=1S/C19H25N3O8S/c1-3-12-31(28,29)21(11-5-10-20-9-4-6-17(20)23)18(24)14-7-8-15(19(25)30-2)16(13-14)22(26)27/h7-8,13H,3-6,9-12H2,1-2H3. The molecule has 0 bridgehead atoms. The third-order valence-corrected chi connectivity index (χ3v) is 6.78. The zero-order valence-corrected chi connectivity index (χ0v) is 18.2. The van der Waals surface area contributed by atoms with Gasteiger partial charge in [0, 0.05) is 37.7 Å². The minimum atomic E-state index is -3.97. The van der Waals surface area contributed by atoms with Crippen LogP contribution in [0.3, 0.4) is 0 Å². The van der Waals surface area contributed by atoms with Gasteiger partial charge in [-0.2, -0.15) is 0 Å². The van der Waals surface area contributed by atoms with Crippen molar-refractivity contribution in [1.82, 2.24) is 9.21 Å². The number of benzene rings is 1. The highest BCUT2D eigenvalue weighted by molar-refractivity contribution is 7.89. The molecule has 170 valence electrons. The molecule has 11 nitrogen and oxygen atoms in total. The molecule has 0 atom stereocenters. The summed E-state index contributed by atoms with van der Waals surface area (Å²) in [5, 5.41) is 11.4. The SMILES string of the molecule is CCCS(=O)(=O)N(CCCN1CCCC1=O)C(=O)c1ccc(C(=O)OC)c([N+](=O)[O-])c1. The molecule has 0 radical (unpaired) electrons. The van der Waals surface area contributed by atoms with Gasteiger partial charge in [0.2, 0.25) is 15.9 Å². The Balaban J connectivity index is 2.31. The van der Waals surface area contributed by atoms with Crippen molar-refractivity contribution in [2.45, 2.75) is 32.6 Å².